The van der Waals surface area contributed by atoms with Gasteiger partial charge in [0, 0.05) is 22.6 Å². The van der Waals surface area contributed by atoms with Gasteiger partial charge in [-0.25, -0.2) is 0 Å². The summed E-state index contributed by atoms with van der Waals surface area (Å²) in [6.45, 7) is 3.44. The van der Waals surface area contributed by atoms with E-state index in [1.54, 1.807) is 0 Å². The van der Waals surface area contributed by atoms with Crippen molar-refractivity contribution in [1.82, 2.24) is 5.32 Å². The van der Waals surface area contributed by atoms with Gasteiger partial charge < -0.3 is 10.1 Å². The summed E-state index contributed by atoms with van der Waals surface area (Å²) < 4.78 is 6.61. The summed E-state index contributed by atoms with van der Waals surface area (Å²) in [5, 5.41) is 3.56. The highest BCUT2D eigenvalue weighted by molar-refractivity contribution is 9.10. The van der Waals surface area contributed by atoms with Gasteiger partial charge in [-0.2, -0.15) is 0 Å². The second-order valence-electron chi connectivity index (χ2n) is 4.90. The van der Waals surface area contributed by atoms with Crippen molar-refractivity contribution in [2.45, 2.75) is 32.4 Å². The van der Waals surface area contributed by atoms with E-state index in [1.165, 1.54) is 12.8 Å². The first-order valence-electron chi connectivity index (χ1n) is 6.27. The number of benzene rings is 1. The van der Waals surface area contributed by atoms with Gasteiger partial charge in [-0.15, -0.1) is 6.42 Å². The van der Waals surface area contributed by atoms with Crippen LogP contribution >= 0.6 is 15.9 Å². The van der Waals surface area contributed by atoms with E-state index in [4.69, 9.17) is 11.2 Å². The third-order valence-corrected chi connectivity index (χ3v) is 3.78. The molecule has 0 aromatic heterocycles. The molecular formula is C15H18BrNO. The lowest BCUT2D eigenvalue weighted by atomic mass is 9.82. The average Bonchev–Trinajstić information content (AvgIpc) is 2.32. The SMILES string of the molecule is C#CCOc1ccc(Br)cc1CNC1CC(C)C1. The van der Waals surface area contributed by atoms with E-state index in [-0.39, 0.29) is 0 Å². The molecule has 2 rings (SSSR count). The summed E-state index contributed by atoms with van der Waals surface area (Å²) in [6.07, 6.45) is 7.77. The van der Waals surface area contributed by atoms with Crippen molar-refractivity contribution in [1.29, 1.82) is 0 Å². The van der Waals surface area contributed by atoms with Crippen molar-refractivity contribution in [2.24, 2.45) is 5.92 Å². The monoisotopic (exact) mass is 307 g/mol. The zero-order chi connectivity index (χ0) is 13.0. The molecule has 0 unspecified atom stereocenters. The number of rotatable bonds is 5. The van der Waals surface area contributed by atoms with E-state index in [9.17, 15) is 0 Å². The zero-order valence-electron chi connectivity index (χ0n) is 10.6. The molecule has 0 amide bonds. The minimum atomic E-state index is 0.315. The van der Waals surface area contributed by atoms with E-state index >= 15 is 0 Å². The molecule has 0 spiro atoms. The maximum atomic E-state index is 5.55. The molecule has 0 heterocycles. The van der Waals surface area contributed by atoms with E-state index in [1.807, 2.05) is 12.1 Å². The van der Waals surface area contributed by atoms with Crippen LogP contribution in [0.25, 0.3) is 0 Å². The third kappa shape index (κ3) is 3.51. The lowest BCUT2D eigenvalue weighted by molar-refractivity contribution is 0.239. The van der Waals surface area contributed by atoms with Crippen molar-refractivity contribution in [3.05, 3.63) is 28.2 Å². The van der Waals surface area contributed by atoms with Crippen LogP contribution in [0.5, 0.6) is 5.75 Å². The Morgan fingerprint density at radius 3 is 2.94 bits per heavy atom. The van der Waals surface area contributed by atoms with Gasteiger partial charge in [0.15, 0.2) is 0 Å². The van der Waals surface area contributed by atoms with Crippen molar-refractivity contribution < 1.29 is 4.74 Å². The molecule has 1 fully saturated rings. The molecule has 1 N–H and O–H groups in total. The molecule has 2 nitrogen and oxygen atoms in total. The van der Waals surface area contributed by atoms with Crippen LogP contribution in [0.3, 0.4) is 0 Å². The Hall–Kier alpha value is -0.980. The first-order chi connectivity index (χ1) is 8.69. The quantitative estimate of drug-likeness (QED) is 0.842. The van der Waals surface area contributed by atoms with E-state index in [0.29, 0.717) is 12.6 Å². The Morgan fingerprint density at radius 1 is 1.50 bits per heavy atom. The van der Waals surface area contributed by atoms with Crippen LogP contribution in [0.2, 0.25) is 0 Å². The summed E-state index contributed by atoms with van der Waals surface area (Å²) >= 11 is 3.49. The second-order valence-corrected chi connectivity index (χ2v) is 5.81. The highest BCUT2D eigenvalue weighted by Gasteiger charge is 2.24. The predicted molar refractivity (Wildman–Crippen MR) is 77.5 cm³/mol. The minimum Gasteiger partial charge on any atom is -0.481 e. The lowest BCUT2D eigenvalue weighted by Crippen LogP contribution is -2.39. The fourth-order valence-electron chi connectivity index (χ4n) is 2.27. The van der Waals surface area contributed by atoms with Gasteiger partial charge in [0.2, 0.25) is 0 Å². The summed E-state index contributed by atoms with van der Waals surface area (Å²) in [4.78, 5) is 0. The first-order valence-corrected chi connectivity index (χ1v) is 7.06. The summed E-state index contributed by atoms with van der Waals surface area (Å²) in [5.41, 5.74) is 1.15. The van der Waals surface area contributed by atoms with Crippen molar-refractivity contribution >= 4 is 15.9 Å². The number of nitrogens with one attached hydrogen (secondary N) is 1. The van der Waals surface area contributed by atoms with Crippen molar-refractivity contribution in [3.8, 4) is 18.1 Å². The van der Waals surface area contributed by atoms with Gasteiger partial charge in [-0.1, -0.05) is 28.8 Å². The molecule has 1 aromatic carbocycles. The van der Waals surface area contributed by atoms with Crippen LogP contribution in [0.1, 0.15) is 25.3 Å². The Balaban J connectivity index is 1.96. The molecule has 1 aliphatic rings. The van der Waals surface area contributed by atoms with E-state index < -0.39 is 0 Å². The summed E-state index contributed by atoms with van der Waals surface area (Å²) in [5.74, 6) is 4.23. The van der Waals surface area contributed by atoms with E-state index in [2.05, 4.69) is 40.2 Å². The largest absolute Gasteiger partial charge is 0.481 e. The molecule has 0 radical (unpaired) electrons. The van der Waals surface area contributed by atoms with Gasteiger partial charge in [-0.3, -0.25) is 0 Å². The standard InChI is InChI=1S/C15H18BrNO/c1-3-6-18-15-5-4-13(16)9-12(15)10-17-14-7-11(2)8-14/h1,4-5,9,11,14,17H,6-8,10H2,2H3. The molecule has 0 aliphatic heterocycles. The summed E-state index contributed by atoms with van der Waals surface area (Å²) in [7, 11) is 0. The Morgan fingerprint density at radius 2 is 2.28 bits per heavy atom. The number of terminal acetylenes is 1. The minimum absolute atomic E-state index is 0.315. The topological polar surface area (TPSA) is 21.3 Å². The number of halogens is 1. The molecular weight excluding hydrogens is 290 g/mol. The van der Waals surface area contributed by atoms with Crippen LogP contribution in [0.15, 0.2) is 22.7 Å². The fourth-order valence-corrected chi connectivity index (χ4v) is 2.68. The van der Waals surface area contributed by atoms with Crippen LogP contribution in [0.4, 0.5) is 0 Å². The third-order valence-electron chi connectivity index (χ3n) is 3.29. The predicted octanol–water partition coefficient (Wildman–Crippen LogP) is 3.35. The Kier molecular flexibility index (Phi) is 4.68. The Bertz CT molecular complexity index is 446. The van der Waals surface area contributed by atoms with Crippen LogP contribution in [-0.2, 0) is 6.54 Å². The number of hydrogen-bond donors (Lipinski definition) is 1. The second kappa shape index (κ2) is 6.26. The van der Waals surface area contributed by atoms with E-state index in [0.717, 1.165) is 28.2 Å². The highest BCUT2D eigenvalue weighted by Crippen LogP contribution is 2.28. The molecule has 0 atom stereocenters. The smallest absolute Gasteiger partial charge is 0.148 e. The lowest BCUT2D eigenvalue weighted by Gasteiger charge is -2.33. The van der Waals surface area contributed by atoms with Crippen LogP contribution in [-0.4, -0.2) is 12.6 Å². The highest BCUT2D eigenvalue weighted by atomic mass is 79.9. The molecule has 18 heavy (non-hydrogen) atoms. The molecule has 3 heteroatoms. The van der Waals surface area contributed by atoms with Gasteiger partial charge in [-0.05, 0) is 37.0 Å². The normalized spacial score (nSPS) is 22.1. The molecule has 96 valence electrons. The zero-order valence-corrected chi connectivity index (χ0v) is 12.2. The first kappa shape index (κ1) is 13.5. The van der Waals surface area contributed by atoms with Gasteiger partial charge in [0.1, 0.15) is 12.4 Å². The van der Waals surface area contributed by atoms with Gasteiger partial charge in [0.05, 0.1) is 0 Å². The molecule has 1 aliphatic carbocycles. The van der Waals surface area contributed by atoms with Crippen molar-refractivity contribution in [2.75, 3.05) is 6.61 Å². The maximum Gasteiger partial charge on any atom is 0.148 e. The molecule has 1 saturated carbocycles. The fraction of sp³-hybridized carbons (Fsp3) is 0.467. The average molecular weight is 308 g/mol. The summed E-state index contributed by atoms with van der Waals surface area (Å²) in [6, 6.07) is 6.67. The number of hydrogen-bond acceptors (Lipinski definition) is 2. The maximum absolute atomic E-state index is 5.55. The Labute approximate surface area is 117 Å². The van der Waals surface area contributed by atoms with Gasteiger partial charge >= 0.3 is 0 Å². The number of ether oxygens (including phenoxy) is 1. The van der Waals surface area contributed by atoms with Crippen LogP contribution in [0, 0.1) is 18.3 Å². The molecule has 1 aromatic rings. The molecule has 0 saturated heterocycles. The molecule has 0 bridgehead atoms. The van der Waals surface area contributed by atoms with Gasteiger partial charge in [0.25, 0.3) is 0 Å². The van der Waals surface area contributed by atoms with Crippen LogP contribution < -0.4 is 10.1 Å². The van der Waals surface area contributed by atoms with Crippen molar-refractivity contribution in [3.63, 3.8) is 0 Å².